The van der Waals surface area contributed by atoms with Crippen LogP contribution in [0.5, 0.6) is 5.75 Å². The van der Waals surface area contributed by atoms with Crippen molar-refractivity contribution < 1.29 is 14.3 Å². The van der Waals surface area contributed by atoms with Crippen LogP contribution in [0, 0.1) is 0 Å². The molecule has 0 aliphatic heterocycles. The zero-order chi connectivity index (χ0) is 15.4. The van der Waals surface area contributed by atoms with Gasteiger partial charge in [-0.3, -0.25) is 4.79 Å². The van der Waals surface area contributed by atoms with Crippen LogP contribution in [0.15, 0.2) is 30.3 Å². The molecule has 6 nitrogen and oxygen atoms in total. The highest BCUT2D eigenvalue weighted by atomic mass is 32.1. The third-order valence-corrected chi connectivity index (χ3v) is 3.98. The summed E-state index contributed by atoms with van der Waals surface area (Å²) in [5.41, 5.74) is 6.63. The van der Waals surface area contributed by atoms with Crippen LogP contribution in [0.25, 0.3) is 10.4 Å². The molecule has 1 aromatic heterocycles. The van der Waals surface area contributed by atoms with E-state index in [-0.39, 0.29) is 0 Å². The number of nitrogens with two attached hydrogens (primary N) is 1. The normalized spacial score (nSPS) is 10.0. The Morgan fingerprint density at radius 2 is 2.05 bits per heavy atom. The van der Waals surface area contributed by atoms with Crippen LogP contribution in [0.1, 0.15) is 9.67 Å². The Bertz CT molecular complexity index is 682. The number of primary amides is 1. The standard InChI is InChI=1S/C14H15N3O3S/c1-16-14(19)17-10-7-11(21-12(10)13(15)18)8-4-3-5-9(6-8)20-2/h3-7H,1-2H3,(H2,15,18)(H2,16,17,19). The van der Waals surface area contributed by atoms with Crippen LogP contribution in [0.3, 0.4) is 0 Å². The maximum atomic E-state index is 11.5. The van der Waals surface area contributed by atoms with Crippen molar-refractivity contribution in [3.8, 4) is 16.2 Å². The minimum absolute atomic E-state index is 0.302. The van der Waals surface area contributed by atoms with E-state index in [1.807, 2.05) is 24.3 Å². The maximum Gasteiger partial charge on any atom is 0.319 e. The second kappa shape index (κ2) is 6.27. The second-order valence-electron chi connectivity index (χ2n) is 4.15. The van der Waals surface area contributed by atoms with Crippen molar-refractivity contribution in [1.82, 2.24) is 5.32 Å². The lowest BCUT2D eigenvalue weighted by Crippen LogP contribution is -2.25. The topological polar surface area (TPSA) is 93.4 Å². The van der Waals surface area contributed by atoms with Gasteiger partial charge in [-0.15, -0.1) is 11.3 Å². The number of amides is 3. The molecule has 0 saturated heterocycles. The summed E-state index contributed by atoms with van der Waals surface area (Å²) < 4.78 is 5.18. The molecule has 0 fully saturated rings. The van der Waals surface area contributed by atoms with Gasteiger partial charge in [0, 0.05) is 11.9 Å². The van der Waals surface area contributed by atoms with Gasteiger partial charge in [-0.25, -0.2) is 4.79 Å². The monoisotopic (exact) mass is 305 g/mol. The Kier molecular flexibility index (Phi) is 4.44. The predicted molar refractivity (Wildman–Crippen MR) is 82.9 cm³/mol. The first-order valence-corrected chi connectivity index (χ1v) is 6.93. The van der Waals surface area contributed by atoms with Crippen LogP contribution in [0.4, 0.5) is 10.5 Å². The van der Waals surface area contributed by atoms with Gasteiger partial charge >= 0.3 is 6.03 Å². The first-order chi connectivity index (χ1) is 10.0. The van der Waals surface area contributed by atoms with Crippen LogP contribution in [-0.2, 0) is 0 Å². The zero-order valence-electron chi connectivity index (χ0n) is 11.6. The van der Waals surface area contributed by atoms with Crippen LogP contribution in [0.2, 0.25) is 0 Å². The average Bonchev–Trinajstić information content (AvgIpc) is 2.91. The van der Waals surface area contributed by atoms with E-state index < -0.39 is 11.9 Å². The first-order valence-electron chi connectivity index (χ1n) is 6.12. The van der Waals surface area contributed by atoms with Crippen LogP contribution >= 0.6 is 11.3 Å². The Morgan fingerprint density at radius 3 is 2.67 bits per heavy atom. The fourth-order valence-electron chi connectivity index (χ4n) is 1.77. The lowest BCUT2D eigenvalue weighted by atomic mass is 10.1. The van der Waals surface area contributed by atoms with Gasteiger partial charge in [0.1, 0.15) is 10.6 Å². The summed E-state index contributed by atoms with van der Waals surface area (Å²) in [4.78, 5) is 24.0. The van der Waals surface area contributed by atoms with Crippen molar-refractivity contribution in [3.63, 3.8) is 0 Å². The first kappa shape index (κ1) is 14.9. The van der Waals surface area contributed by atoms with Crippen molar-refractivity contribution in [2.24, 2.45) is 5.73 Å². The lowest BCUT2D eigenvalue weighted by Gasteiger charge is -2.02. The number of carbonyl (C=O) groups is 2. The molecule has 0 atom stereocenters. The molecule has 1 aromatic carbocycles. The fourth-order valence-corrected chi connectivity index (χ4v) is 2.73. The molecule has 4 N–H and O–H groups in total. The van der Waals surface area contributed by atoms with E-state index in [0.29, 0.717) is 16.3 Å². The van der Waals surface area contributed by atoms with Gasteiger partial charge in [-0.05, 0) is 23.8 Å². The summed E-state index contributed by atoms with van der Waals surface area (Å²) >= 11 is 1.22. The molecular weight excluding hydrogens is 290 g/mol. The minimum Gasteiger partial charge on any atom is -0.497 e. The molecule has 3 amide bonds. The summed E-state index contributed by atoms with van der Waals surface area (Å²) in [7, 11) is 3.08. The smallest absolute Gasteiger partial charge is 0.319 e. The van der Waals surface area contributed by atoms with Crippen molar-refractivity contribution in [3.05, 3.63) is 35.2 Å². The number of methoxy groups -OCH3 is 1. The molecule has 7 heteroatoms. The number of rotatable bonds is 4. The van der Waals surface area contributed by atoms with Crippen molar-refractivity contribution in [2.45, 2.75) is 0 Å². The molecule has 0 bridgehead atoms. The lowest BCUT2D eigenvalue weighted by molar-refractivity contribution is 0.100. The van der Waals surface area contributed by atoms with Crippen molar-refractivity contribution in [1.29, 1.82) is 0 Å². The van der Waals surface area contributed by atoms with Gasteiger partial charge in [0.05, 0.1) is 12.8 Å². The van der Waals surface area contributed by atoms with E-state index in [4.69, 9.17) is 10.5 Å². The fraction of sp³-hybridized carbons (Fsp3) is 0.143. The third kappa shape index (κ3) is 3.32. The second-order valence-corrected chi connectivity index (χ2v) is 5.21. The highest BCUT2D eigenvalue weighted by molar-refractivity contribution is 7.18. The SMILES string of the molecule is CNC(=O)Nc1cc(-c2cccc(OC)c2)sc1C(N)=O. The molecule has 110 valence electrons. The quantitative estimate of drug-likeness (QED) is 0.809. The molecule has 0 saturated carbocycles. The highest BCUT2D eigenvalue weighted by Gasteiger charge is 2.16. The van der Waals surface area contributed by atoms with E-state index in [1.54, 1.807) is 13.2 Å². The van der Waals surface area contributed by atoms with Gasteiger partial charge < -0.3 is 21.1 Å². The maximum absolute atomic E-state index is 11.5. The van der Waals surface area contributed by atoms with Crippen molar-refractivity contribution >= 4 is 29.0 Å². The molecule has 0 spiro atoms. The molecule has 0 aliphatic carbocycles. The van der Waals surface area contributed by atoms with Gasteiger partial charge in [0.2, 0.25) is 0 Å². The zero-order valence-corrected chi connectivity index (χ0v) is 12.4. The summed E-state index contributed by atoms with van der Waals surface area (Å²) in [6.45, 7) is 0. The third-order valence-electron chi connectivity index (χ3n) is 2.79. The minimum atomic E-state index is -0.583. The molecule has 0 aliphatic rings. The largest absolute Gasteiger partial charge is 0.497 e. The van der Waals surface area contributed by atoms with Gasteiger partial charge in [-0.1, -0.05) is 12.1 Å². The molecule has 0 radical (unpaired) electrons. The summed E-state index contributed by atoms with van der Waals surface area (Å²) in [6, 6.07) is 8.73. The number of anilines is 1. The molecule has 2 rings (SSSR count). The van der Waals surface area contributed by atoms with E-state index in [2.05, 4.69) is 10.6 Å². The molecular formula is C14H15N3O3S. The van der Waals surface area contributed by atoms with E-state index >= 15 is 0 Å². The Morgan fingerprint density at radius 1 is 1.29 bits per heavy atom. The molecule has 21 heavy (non-hydrogen) atoms. The average molecular weight is 305 g/mol. The van der Waals surface area contributed by atoms with E-state index in [9.17, 15) is 9.59 Å². The van der Waals surface area contributed by atoms with E-state index in [1.165, 1.54) is 18.4 Å². The summed E-state index contributed by atoms with van der Waals surface area (Å²) in [5, 5.41) is 5.02. The number of benzene rings is 1. The van der Waals surface area contributed by atoms with Crippen molar-refractivity contribution in [2.75, 3.05) is 19.5 Å². The Labute approximate surface area is 125 Å². The number of ether oxygens (including phenoxy) is 1. The highest BCUT2D eigenvalue weighted by Crippen LogP contribution is 2.35. The summed E-state index contributed by atoms with van der Waals surface area (Å²) in [5.74, 6) is 0.128. The molecule has 0 unspecified atom stereocenters. The molecule has 2 aromatic rings. The summed E-state index contributed by atoms with van der Waals surface area (Å²) in [6.07, 6.45) is 0. The van der Waals surface area contributed by atoms with Gasteiger partial charge in [0.15, 0.2) is 0 Å². The molecule has 1 heterocycles. The number of hydrogen-bond donors (Lipinski definition) is 3. The van der Waals surface area contributed by atoms with Crippen LogP contribution < -0.4 is 21.1 Å². The Balaban J connectivity index is 2.43. The number of hydrogen-bond acceptors (Lipinski definition) is 4. The van der Waals surface area contributed by atoms with Crippen LogP contribution in [-0.4, -0.2) is 26.1 Å². The van der Waals surface area contributed by atoms with Gasteiger partial charge in [-0.2, -0.15) is 0 Å². The number of thiophene rings is 1. The number of carbonyl (C=O) groups excluding carboxylic acids is 2. The Hall–Kier alpha value is -2.54. The number of urea groups is 1. The number of nitrogens with one attached hydrogen (secondary N) is 2. The van der Waals surface area contributed by atoms with Gasteiger partial charge in [0.25, 0.3) is 5.91 Å². The van der Waals surface area contributed by atoms with E-state index in [0.717, 1.165) is 10.4 Å². The predicted octanol–water partition coefficient (Wildman–Crippen LogP) is 2.27.